The molecule has 0 aromatic carbocycles. The van der Waals surface area contributed by atoms with Crippen molar-refractivity contribution in [2.24, 2.45) is 5.92 Å². The number of nitrogens with two attached hydrogens (primary N) is 1. The lowest BCUT2D eigenvalue weighted by Crippen LogP contribution is -1.86. The van der Waals surface area contributed by atoms with E-state index < -0.39 is 0 Å². The van der Waals surface area contributed by atoms with E-state index in [1.165, 1.54) is 17.8 Å². The van der Waals surface area contributed by atoms with Gasteiger partial charge in [-0.05, 0) is 23.8 Å². The maximum Gasteiger partial charge on any atom is 0.270 e. The fourth-order valence-corrected chi connectivity index (χ4v) is 2.39. The predicted molar refractivity (Wildman–Crippen MR) is 58.5 cm³/mol. The van der Waals surface area contributed by atoms with Gasteiger partial charge in [-0.15, -0.1) is 11.3 Å². The molecule has 0 radical (unpaired) electrons. The Morgan fingerprint density at radius 2 is 2.40 bits per heavy atom. The van der Waals surface area contributed by atoms with Crippen LogP contribution in [0.4, 0.5) is 5.69 Å². The average molecular weight is 221 g/mol. The van der Waals surface area contributed by atoms with Crippen LogP contribution in [0.2, 0.25) is 0 Å². The summed E-state index contributed by atoms with van der Waals surface area (Å²) in [6.07, 6.45) is 1.17. The number of nitrogens with zero attached hydrogens (tertiary/aromatic N) is 2. The smallest absolute Gasteiger partial charge is 0.270 e. The fraction of sp³-hybridized carbons (Fsp3) is 0.400. The molecule has 1 aliphatic carbocycles. The van der Waals surface area contributed by atoms with Crippen LogP contribution in [0.25, 0.3) is 10.8 Å². The van der Waals surface area contributed by atoms with Gasteiger partial charge in [0.15, 0.2) is 5.82 Å². The van der Waals surface area contributed by atoms with Crippen LogP contribution in [0.15, 0.2) is 16.0 Å². The molecule has 2 aromatic rings. The number of hydrogen-bond donors (Lipinski definition) is 1. The maximum absolute atomic E-state index is 5.78. The Bertz CT molecular complexity index is 490. The highest BCUT2D eigenvalue weighted by Gasteiger charge is 2.38. The van der Waals surface area contributed by atoms with Gasteiger partial charge >= 0.3 is 0 Å². The molecule has 0 bridgehead atoms. The molecule has 15 heavy (non-hydrogen) atoms. The van der Waals surface area contributed by atoms with Crippen LogP contribution in [-0.4, -0.2) is 10.1 Å². The Labute approximate surface area is 91.1 Å². The van der Waals surface area contributed by atoms with Crippen LogP contribution >= 0.6 is 11.3 Å². The molecule has 2 unspecified atom stereocenters. The van der Waals surface area contributed by atoms with Crippen molar-refractivity contribution < 1.29 is 4.52 Å². The second-order valence-corrected chi connectivity index (χ2v) is 4.90. The van der Waals surface area contributed by atoms with Crippen LogP contribution in [-0.2, 0) is 0 Å². The molecule has 0 saturated heterocycles. The van der Waals surface area contributed by atoms with Gasteiger partial charge in [-0.2, -0.15) is 4.98 Å². The minimum absolute atomic E-state index is 0.490. The van der Waals surface area contributed by atoms with Crippen molar-refractivity contribution in [1.29, 1.82) is 0 Å². The van der Waals surface area contributed by atoms with E-state index in [-0.39, 0.29) is 0 Å². The first-order chi connectivity index (χ1) is 7.25. The topological polar surface area (TPSA) is 64.9 Å². The second-order valence-electron chi connectivity index (χ2n) is 3.98. The fourth-order valence-electron chi connectivity index (χ4n) is 1.65. The molecule has 5 heteroatoms. The summed E-state index contributed by atoms with van der Waals surface area (Å²) >= 11 is 1.53. The van der Waals surface area contributed by atoms with E-state index in [1.54, 1.807) is 0 Å². The minimum atomic E-state index is 0.490. The summed E-state index contributed by atoms with van der Waals surface area (Å²) in [6, 6.07) is 1.85. The van der Waals surface area contributed by atoms with E-state index in [9.17, 15) is 0 Å². The maximum atomic E-state index is 5.78. The van der Waals surface area contributed by atoms with Gasteiger partial charge in [-0.25, -0.2) is 0 Å². The van der Waals surface area contributed by atoms with Gasteiger partial charge in [-0.3, -0.25) is 0 Å². The molecule has 3 rings (SSSR count). The van der Waals surface area contributed by atoms with Crippen molar-refractivity contribution in [3.05, 3.63) is 17.3 Å². The predicted octanol–water partition coefficient (Wildman–Crippen LogP) is 2.50. The van der Waals surface area contributed by atoms with Crippen molar-refractivity contribution in [2.75, 3.05) is 5.73 Å². The van der Waals surface area contributed by atoms with Gasteiger partial charge in [0.05, 0.1) is 5.69 Å². The molecule has 2 atom stereocenters. The third kappa shape index (κ3) is 1.43. The van der Waals surface area contributed by atoms with E-state index in [1.807, 2.05) is 11.4 Å². The zero-order valence-electron chi connectivity index (χ0n) is 8.30. The number of rotatable bonds is 2. The molecule has 2 heterocycles. The third-order valence-corrected chi connectivity index (χ3v) is 3.69. The zero-order chi connectivity index (χ0) is 10.4. The number of nitrogen functional groups attached to an aromatic ring is 1. The molecule has 0 aliphatic heterocycles. The molecule has 2 N–H and O–H groups in total. The Morgan fingerprint density at radius 3 is 3.00 bits per heavy atom. The molecule has 78 valence electrons. The highest BCUT2D eigenvalue weighted by Crippen LogP contribution is 2.46. The first-order valence-corrected chi connectivity index (χ1v) is 5.80. The molecule has 0 spiro atoms. The molecular formula is C10H11N3OS. The third-order valence-electron chi connectivity index (χ3n) is 2.77. The Kier molecular flexibility index (Phi) is 1.82. The van der Waals surface area contributed by atoms with Crippen LogP contribution in [0, 0.1) is 5.92 Å². The minimum Gasteiger partial charge on any atom is -0.397 e. The highest BCUT2D eigenvalue weighted by atomic mass is 32.1. The summed E-state index contributed by atoms with van der Waals surface area (Å²) in [7, 11) is 0. The molecule has 2 aromatic heterocycles. The molecular weight excluding hydrogens is 210 g/mol. The lowest BCUT2D eigenvalue weighted by Gasteiger charge is -1.89. The Hall–Kier alpha value is -1.36. The van der Waals surface area contributed by atoms with E-state index >= 15 is 0 Å². The lowest BCUT2D eigenvalue weighted by atomic mass is 10.3. The first kappa shape index (κ1) is 8.91. The van der Waals surface area contributed by atoms with Crippen LogP contribution < -0.4 is 5.73 Å². The highest BCUT2D eigenvalue weighted by molar-refractivity contribution is 7.14. The van der Waals surface area contributed by atoms with Gasteiger partial charge in [0.2, 0.25) is 0 Å². The van der Waals surface area contributed by atoms with Gasteiger partial charge < -0.3 is 10.3 Å². The standard InChI is InChI=1S/C10H11N3OS/c1-5-4-6(5)9-12-10(14-13-9)8-7(11)2-3-15-8/h2-3,5-6H,4,11H2,1H3. The molecule has 1 saturated carbocycles. The SMILES string of the molecule is CC1CC1c1noc(-c2sccc2N)n1. The first-order valence-electron chi connectivity index (χ1n) is 4.92. The van der Waals surface area contributed by atoms with E-state index in [4.69, 9.17) is 10.3 Å². The summed E-state index contributed by atoms with van der Waals surface area (Å²) in [5, 5.41) is 5.92. The van der Waals surface area contributed by atoms with E-state index in [2.05, 4.69) is 17.1 Å². The summed E-state index contributed by atoms with van der Waals surface area (Å²) in [5.74, 6) is 2.56. The van der Waals surface area contributed by atoms with Crippen molar-refractivity contribution in [1.82, 2.24) is 10.1 Å². The summed E-state index contributed by atoms with van der Waals surface area (Å²) < 4.78 is 5.21. The van der Waals surface area contributed by atoms with Crippen LogP contribution in [0.1, 0.15) is 25.1 Å². The number of hydrogen-bond acceptors (Lipinski definition) is 5. The molecule has 1 fully saturated rings. The number of aromatic nitrogens is 2. The van der Waals surface area contributed by atoms with Gasteiger partial charge in [0, 0.05) is 5.92 Å². The van der Waals surface area contributed by atoms with Gasteiger partial charge in [-0.1, -0.05) is 12.1 Å². The summed E-state index contributed by atoms with van der Waals surface area (Å²) in [5.41, 5.74) is 6.49. The number of thiophene rings is 1. The normalized spacial score (nSPS) is 24.3. The van der Waals surface area contributed by atoms with Crippen LogP contribution in [0.3, 0.4) is 0 Å². The second kappa shape index (κ2) is 3.06. The van der Waals surface area contributed by atoms with Crippen molar-refractivity contribution in [3.63, 3.8) is 0 Å². The van der Waals surface area contributed by atoms with Crippen LogP contribution in [0.5, 0.6) is 0 Å². The Balaban J connectivity index is 1.94. The zero-order valence-corrected chi connectivity index (χ0v) is 9.12. The van der Waals surface area contributed by atoms with Crippen molar-refractivity contribution in [3.8, 4) is 10.8 Å². The lowest BCUT2D eigenvalue weighted by molar-refractivity contribution is 0.423. The van der Waals surface area contributed by atoms with E-state index in [0.29, 0.717) is 23.4 Å². The molecule has 4 nitrogen and oxygen atoms in total. The van der Waals surface area contributed by atoms with Gasteiger partial charge in [0.25, 0.3) is 5.89 Å². The number of anilines is 1. The summed E-state index contributed by atoms with van der Waals surface area (Å²) in [6.45, 7) is 2.19. The Morgan fingerprint density at radius 1 is 1.60 bits per heavy atom. The van der Waals surface area contributed by atoms with E-state index in [0.717, 1.165) is 10.7 Å². The molecule has 0 amide bonds. The monoisotopic (exact) mass is 221 g/mol. The van der Waals surface area contributed by atoms with Crippen molar-refractivity contribution in [2.45, 2.75) is 19.3 Å². The average Bonchev–Trinajstić information content (AvgIpc) is 2.69. The quantitative estimate of drug-likeness (QED) is 0.846. The van der Waals surface area contributed by atoms with Gasteiger partial charge in [0.1, 0.15) is 4.88 Å². The molecule has 1 aliphatic rings. The summed E-state index contributed by atoms with van der Waals surface area (Å²) in [4.78, 5) is 5.26. The largest absolute Gasteiger partial charge is 0.397 e. The van der Waals surface area contributed by atoms with Crippen molar-refractivity contribution >= 4 is 17.0 Å².